The quantitative estimate of drug-likeness (QED) is 0.0530. The second kappa shape index (κ2) is 22.0. The summed E-state index contributed by atoms with van der Waals surface area (Å²) in [6.07, 6.45) is 5.03. The van der Waals surface area contributed by atoms with E-state index in [4.69, 9.17) is 43.2 Å². The Labute approximate surface area is 428 Å². The fourth-order valence-corrected chi connectivity index (χ4v) is 9.67. The van der Waals surface area contributed by atoms with Gasteiger partial charge in [0.25, 0.3) is 23.6 Å². The van der Waals surface area contributed by atoms with Crippen molar-refractivity contribution in [3.63, 3.8) is 0 Å². The molecule has 5 aliphatic heterocycles. The number of anilines is 3. The van der Waals surface area contributed by atoms with Crippen LogP contribution in [0, 0.1) is 6.92 Å². The van der Waals surface area contributed by atoms with Crippen molar-refractivity contribution in [1.29, 1.82) is 0 Å². The average molecular weight is 1010 g/mol. The molecule has 5 aromatic rings. The van der Waals surface area contributed by atoms with Gasteiger partial charge < -0.3 is 38.2 Å². The van der Waals surface area contributed by atoms with Crippen molar-refractivity contribution >= 4 is 70.5 Å². The number of fused-ring (bicyclic) bond motifs is 8. The Kier molecular flexibility index (Phi) is 14.8. The van der Waals surface area contributed by atoms with Gasteiger partial charge in [0.05, 0.1) is 87.8 Å². The highest BCUT2D eigenvalue weighted by molar-refractivity contribution is 6.16. The first-order valence-electron chi connectivity index (χ1n) is 24.7. The van der Waals surface area contributed by atoms with Crippen LogP contribution in [0.4, 0.5) is 28.4 Å². The van der Waals surface area contributed by atoms with Gasteiger partial charge in [-0.2, -0.15) is 0 Å². The summed E-state index contributed by atoms with van der Waals surface area (Å²) in [5.41, 5.74) is 9.44. The molecule has 1 fully saturated rings. The van der Waals surface area contributed by atoms with Crippen molar-refractivity contribution in [3.05, 3.63) is 130 Å². The van der Waals surface area contributed by atoms with Gasteiger partial charge >= 0.3 is 5.97 Å². The van der Waals surface area contributed by atoms with Crippen LogP contribution >= 0.6 is 0 Å². The zero-order valence-corrected chi connectivity index (χ0v) is 41.5. The summed E-state index contributed by atoms with van der Waals surface area (Å²) in [5.74, 6) is -0.568. The van der Waals surface area contributed by atoms with Gasteiger partial charge in [-0.1, -0.05) is 36.4 Å². The number of hydrogen-bond donors (Lipinski definition) is 0. The molecule has 0 unspecified atom stereocenters. The standard InChI is InChI=1S/C56H56N6O12/c1-35-22-43-45(57-31-41-26-38-8-4-6-10-47(38)60(41)55(43)66)29-49(35)72-33-36-23-37(34-73-51-30-46-44(28-50(51)68-3)56(67)61-42(32-58-46)27-39-9-5-7-11-48(39)61)25-40(24-36)59(2)15-17-70-19-21-71-20-18-69-16-14-54(65)74-62-52(63)12-13-53(62)64/h4-11,22-25,28-32,41-42H,12-21,26-27,33-34H2,1-3H3/t41-,42-/m0/s1. The van der Waals surface area contributed by atoms with Gasteiger partial charge in [0.15, 0.2) is 11.5 Å². The highest BCUT2D eigenvalue weighted by Gasteiger charge is 2.38. The molecule has 2 atom stereocenters. The summed E-state index contributed by atoms with van der Waals surface area (Å²) in [7, 11) is 3.52. The molecule has 74 heavy (non-hydrogen) atoms. The Morgan fingerprint density at radius 3 is 1.76 bits per heavy atom. The van der Waals surface area contributed by atoms with E-state index in [1.807, 2.05) is 98.0 Å². The van der Waals surface area contributed by atoms with Gasteiger partial charge in [-0.15, -0.1) is 5.06 Å². The van der Waals surface area contributed by atoms with Gasteiger partial charge in [-0.3, -0.25) is 39.0 Å². The Morgan fingerprint density at radius 1 is 0.635 bits per heavy atom. The summed E-state index contributed by atoms with van der Waals surface area (Å²) in [6.45, 7) is 4.48. The number of likely N-dealkylation sites (N-methyl/N-ethyl adjacent to an activating group) is 1. The first kappa shape index (κ1) is 49.6. The van der Waals surface area contributed by atoms with Crippen molar-refractivity contribution in [2.75, 3.05) is 75.0 Å². The molecule has 382 valence electrons. The Bertz CT molecular complexity index is 3050. The van der Waals surface area contributed by atoms with Crippen LogP contribution < -0.4 is 28.9 Å². The third-order valence-corrected chi connectivity index (χ3v) is 13.5. The summed E-state index contributed by atoms with van der Waals surface area (Å²) < 4.78 is 35.8. The van der Waals surface area contributed by atoms with E-state index in [-0.39, 0.29) is 76.2 Å². The van der Waals surface area contributed by atoms with Gasteiger partial charge in [-0.25, -0.2) is 4.79 Å². The molecule has 5 heterocycles. The molecule has 0 aliphatic carbocycles. The van der Waals surface area contributed by atoms with Crippen LogP contribution in [-0.2, 0) is 59.5 Å². The van der Waals surface area contributed by atoms with Crippen LogP contribution in [0.5, 0.6) is 17.2 Å². The number of carbonyl (C=O) groups excluding carboxylic acids is 5. The zero-order chi connectivity index (χ0) is 51.3. The number of aryl methyl sites for hydroxylation is 1. The molecule has 5 aliphatic rings. The summed E-state index contributed by atoms with van der Waals surface area (Å²) in [6, 6.07) is 28.8. The van der Waals surface area contributed by atoms with E-state index in [0.717, 1.165) is 44.9 Å². The SMILES string of the molecule is COc1cc2c(cc1OCc1cc(COc3cc4c(cc3C)C(=O)N3c5ccccc5C[C@H]3C=N4)cc(N(C)CCOCCOCCOCCC(=O)ON3C(=O)CCC3=O)c1)N=C[C@@H]1Cc3ccccc3N1C2=O. The number of aliphatic imine (C=N–C) groups is 2. The van der Waals surface area contributed by atoms with E-state index >= 15 is 0 Å². The third kappa shape index (κ3) is 10.6. The first-order chi connectivity index (χ1) is 36.0. The van der Waals surface area contributed by atoms with E-state index in [2.05, 4.69) is 17.0 Å². The van der Waals surface area contributed by atoms with E-state index in [9.17, 15) is 24.0 Å². The number of amides is 4. The second-order valence-corrected chi connectivity index (χ2v) is 18.5. The molecule has 0 aromatic heterocycles. The van der Waals surface area contributed by atoms with Crippen molar-refractivity contribution < 1.29 is 57.2 Å². The lowest BCUT2D eigenvalue weighted by molar-refractivity contribution is -0.198. The molecule has 0 bridgehead atoms. The average Bonchev–Trinajstić information content (AvgIpc) is 4.02. The van der Waals surface area contributed by atoms with Crippen LogP contribution in [0.1, 0.15) is 67.8 Å². The monoisotopic (exact) mass is 1000 g/mol. The Morgan fingerprint density at radius 2 is 1.16 bits per heavy atom. The number of imide groups is 1. The van der Waals surface area contributed by atoms with Crippen LogP contribution in [0.15, 0.2) is 101 Å². The maximum Gasteiger partial charge on any atom is 0.335 e. The van der Waals surface area contributed by atoms with Crippen molar-refractivity contribution in [3.8, 4) is 17.2 Å². The molecule has 4 amide bonds. The predicted molar refractivity (Wildman–Crippen MR) is 275 cm³/mol. The molecule has 0 spiro atoms. The topological polar surface area (TPSA) is 188 Å². The number of rotatable bonds is 21. The summed E-state index contributed by atoms with van der Waals surface area (Å²) >= 11 is 0. The minimum atomic E-state index is -0.722. The molecule has 0 N–H and O–H groups in total. The molecule has 18 nitrogen and oxygen atoms in total. The maximum atomic E-state index is 14.1. The van der Waals surface area contributed by atoms with Gasteiger partial charge in [0.2, 0.25) is 0 Å². The molecule has 1 saturated heterocycles. The van der Waals surface area contributed by atoms with Gasteiger partial charge in [-0.05, 0) is 77.2 Å². The van der Waals surface area contributed by atoms with Crippen LogP contribution in [0.3, 0.4) is 0 Å². The van der Waals surface area contributed by atoms with Crippen LogP contribution in [0.25, 0.3) is 0 Å². The summed E-state index contributed by atoms with van der Waals surface area (Å²) in [4.78, 5) is 83.5. The smallest absolute Gasteiger partial charge is 0.335 e. The van der Waals surface area contributed by atoms with E-state index in [0.29, 0.717) is 84.0 Å². The number of carbonyl (C=O) groups is 5. The highest BCUT2D eigenvalue weighted by Crippen LogP contribution is 2.42. The fraction of sp³-hybridized carbons (Fsp3) is 0.339. The molecule has 0 saturated carbocycles. The molecular formula is C56H56N6O12. The lowest BCUT2D eigenvalue weighted by Gasteiger charge is -2.23. The van der Waals surface area contributed by atoms with Crippen molar-refractivity contribution in [2.24, 2.45) is 9.98 Å². The molecule has 18 heteroatoms. The zero-order valence-electron chi connectivity index (χ0n) is 41.5. The van der Waals surface area contributed by atoms with E-state index in [1.165, 1.54) is 0 Å². The highest BCUT2D eigenvalue weighted by atomic mass is 16.7. The Hall–Kier alpha value is -7.93. The molecule has 10 rings (SSSR count). The number of hydrogen-bond acceptors (Lipinski definition) is 15. The first-order valence-corrected chi connectivity index (χ1v) is 24.7. The number of hydroxylamine groups is 2. The molecule has 5 aromatic carbocycles. The maximum absolute atomic E-state index is 14.1. The lowest BCUT2D eigenvalue weighted by atomic mass is 10.1. The number of nitrogens with zero attached hydrogens (tertiary/aromatic N) is 6. The Balaban J connectivity index is 0.783. The third-order valence-electron chi connectivity index (χ3n) is 13.5. The number of methoxy groups -OCH3 is 1. The number of para-hydroxylation sites is 2. The van der Waals surface area contributed by atoms with Gasteiger partial charge in [0.1, 0.15) is 19.0 Å². The lowest BCUT2D eigenvalue weighted by Crippen LogP contribution is -2.37. The van der Waals surface area contributed by atoms with Gasteiger partial charge in [0, 0.05) is 80.9 Å². The molecular weight excluding hydrogens is 949 g/mol. The molecule has 0 radical (unpaired) electrons. The van der Waals surface area contributed by atoms with Crippen molar-refractivity contribution in [2.45, 2.75) is 64.3 Å². The summed E-state index contributed by atoms with van der Waals surface area (Å²) in [5, 5.41) is 0.519. The minimum Gasteiger partial charge on any atom is -0.493 e. The minimum absolute atomic E-state index is 0.0338. The van der Waals surface area contributed by atoms with Crippen LogP contribution in [-0.4, -0.2) is 120 Å². The largest absolute Gasteiger partial charge is 0.493 e. The normalized spacial score (nSPS) is 17.0. The van der Waals surface area contributed by atoms with Crippen LogP contribution in [0.2, 0.25) is 0 Å². The number of benzene rings is 5. The van der Waals surface area contributed by atoms with E-state index in [1.54, 1.807) is 24.1 Å². The predicted octanol–water partition coefficient (Wildman–Crippen LogP) is 7.22. The second-order valence-electron chi connectivity index (χ2n) is 18.5. The van der Waals surface area contributed by atoms with E-state index < -0.39 is 17.8 Å². The number of ether oxygens (including phenoxy) is 6. The fourth-order valence-electron chi connectivity index (χ4n) is 9.67. The van der Waals surface area contributed by atoms with Crippen molar-refractivity contribution in [1.82, 2.24) is 5.06 Å².